The van der Waals surface area contributed by atoms with E-state index in [-0.39, 0.29) is 5.84 Å². The molecule has 1 aliphatic heterocycles. The molecule has 2 unspecified atom stereocenters. The van der Waals surface area contributed by atoms with E-state index in [0.29, 0.717) is 11.6 Å². The molecule has 3 N–H and O–H groups in total. The first kappa shape index (κ1) is 12.7. The van der Waals surface area contributed by atoms with Crippen molar-refractivity contribution in [1.29, 1.82) is 0 Å². The fourth-order valence-electron chi connectivity index (χ4n) is 2.38. The number of rotatable bonds is 2. The van der Waals surface area contributed by atoms with Crippen LogP contribution in [0, 0.1) is 11.8 Å². The van der Waals surface area contributed by atoms with Crippen molar-refractivity contribution in [2.45, 2.75) is 20.3 Å². The topological polar surface area (TPSA) is 74.7 Å². The summed E-state index contributed by atoms with van der Waals surface area (Å²) in [7, 11) is 0. The average Bonchev–Trinajstić information content (AvgIpc) is 2.41. The molecule has 0 saturated carbocycles. The molecule has 1 saturated heterocycles. The van der Waals surface area contributed by atoms with Gasteiger partial charge in [-0.15, -0.1) is 0 Å². The average molecular weight is 248 g/mol. The Labute approximate surface area is 107 Å². The van der Waals surface area contributed by atoms with Gasteiger partial charge >= 0.3 is 0 Å². The standard InChI is InChI=1S/C13H20N4O/c1-9-5-7-17(8-10(9)2)11-4-3-6-15-12(11)13(14)16-18/h3-4,6,9-10,18H,5,7-8H2,1-2H3,(H2,14,16). The number of nitrogens with two attached hydrogens (primary N) is 1. The molecule has 1 aromatic heterocycles. The molecular weight excluding hydrogens is 228 g/mol. The fourth-order valence-corrected chi connectivity index (χ4v) is 2.38. The number of pyridine rings is 1. The summed E-state index contributed by atoms with van der Waals surface area (Å²) < 4.78 is 0. The van der Waals surface area contributed by atoms with Crippen LogP contribution in [-0.2, 0) is 0 Å². The van der Waals surface area contributed by atoms with Crippen molar-refractivity contribution in [1.82, 2.24) is 4.98 Å². The van der Waals surface area contributed by atoms with E-state index in [1.807, 2.05) is 12.1 Å². The largest absolute Gasteiger partial charge is 0.409 e. The van der Waals surface area contributed by atoms with E-state index in [1.54, 1.807) is 6.20 Å². The lowest BCUT2D eigenvalue weighted by Gasteiger charge is -2.37. The van der Waals surface area contributed by atoms with Crippen molar-refractivity contribution in [2.24, 2.45) is 22.7 Å². The Balaban J connectivity index is 2.28. The zero-order chi connectivity index (χ0) is 13.1. The Hall–Kier alpha value is -1.78. The summed E-state index contributed by atoms with van der Waals surface area (Å²) in [6, 6.07) is 3.86. The van der Waals surface area contributed by atoms with Crippen molar-refractivity contribution in [3.05, 3.63) is 24.0 Å². The molecule has 18 heavy (non-hydrogen) atoms. The van der Waals surface area contributed by atoms with Gasteiger partial charge < -0.3 is 15.8 Å². The van der Waals surface area contributed by atoms with Gasteiger partial charge in [-0.2, -0.15) is 0 Å². The number of aromatic nitrogens is 1. The van der Waals surface area contributed by atoms with Crippen LogP contribution in [0.25, 0.3) is 0 Å². The van der Waals surface area contributed by atoms with E-state index in [4.69, 9.17) is 10.9 Å². The molecule has 5 heteroatoms. The number of hydrogen-bond acceptors (Lipinski definition) is 4. The monoisotopic (exact) mass is 248 g/mol. The Morgan fingerprint density at radius 3 is 2.94 bits per heavy atom. The quantitative estimate of drug-likeness (QED) is 0.361. The number of anilines is 1. The third kappa shape index (κ3) is 2.39. The highest BCUT2D eigenvalue weighted by atomic mass is 16.4. The second kappa shape index (κ2) is 5.25. The van der Waals surface area contributed by atoms with E-state index < -0.39 is 0 Å². The molecule has 0 aromatic carbocycles. The first-order chi connectivity index (χ1) is 8.63. The summed E-state index contributed by atoms with van der Waals surface area (Å²) in [6.07, 6.45) is 2.82. The molecule has 2 atom stereocenters. The van der Waals surface area contributed by atoms with Gasteiger partial charge in [0.2, 0.25) is 0 Å². The lowest BCUT2D eigenvalue weighted by Crippen LogP contribution is -2.39. The highest BCUT2D eigenvalue weighted by Crippen LogP contribution is 2.28. The van der Waals surface area contributed by atoms with E-state index in [0.717, 1.165) is 31.1 Å². The highest BCUT2D eigenvalue weighted by Gasteiger charge is 2.25. The maximum absolute atomic E-state index is 8.81. The van der Waals surface area contributed by atoms with Crippen LogP contribution in [0.2, 0.25) is 0 Å². The summed E-state index contributed by atoms with van der Waals surface area (Å²) in [5.41, 5.74) is 7.18. The summed E-state index contributed by atoms with van der Waals surface area (Å²) >= 11 is 0. The minimum Gasteiger partial charge on any atom is -0.409 e. The summed E-state index contributed by atoms with van der Waals surface area (Å²) in [5.74, 6) is 1.45. The molecule has 2 heterocycles. The predicted molar refractivity (Wildman–Crippen MR) is 71.9 cm³/mol. The zero-order valence-electron chi connectivity index (χ0n) is 10.9. The number of piperidine rings is 1. The molecule has 5 nitrogen and oxygen atoms in total. The van der Waals surface area contributed by atoms with E-state index in [2.05, 4.69) is 28.9 Å². The first-order valence-corrected chi connectivity index (χ1v) is 6.31. The molecule has 1 aliphatic rings. The van der Waals surface area contributed by atoms with Crippen LogP contribution < -0.4 is 10.6 Å². The van der Waals surface area contributed by atoms with Crippen LogP contribution in [0.3, 0.4) is 0 Å². The van der Waals surface area contributed by atoms with Gasteiger partial charge in [0.05, 0.1) is 5.69 Å². The first-order valence-electron chi connectivity index (χ1n) is 6.31. The van der Waals surface area contributed by atoms with Crippen molar-refractivity contribution >= 4 is 11.5 Å². The van der Waals surface area contributed by atoms with E-state index in [1.165, 1.54) is 0 Å². The molecule has 1 aromatic rings. The Kier molecular flexibility index (Phi) is 3.69. The van der Waals surface area contributed by atoms with Gasteiger partial charge in [-0.25, -0.2) is 0 Å². The van der Waals surface area contributed by atoms with Gasteiger partial charge in [0.25, 0.3) is 0 Å². The molecule has 0 amide bonds. The number of hydrogen-bond donors (Lipinski definition) is 2. The Bertz CT molecular complexity index is 446. The third-order valence-corrected chi connectivity index (χ3v) is 3.81. The maximum Gasteiger partial charge on any atom is 0.190 e. The molecule has 2 rings (SSSR count). The molecule has 0 radical (unpaired) electrons. The van der Waals surface area contributed by atoms with Crippen LogP contribution in [0.4, 0.5) is 5.69 Å². The van der Waals surface area contributed by atoms with Gasteiger partial charge in [-0.3, -0.25) is 4.98 Å². The third-order valence-electron chi connectivity index (χ3n) is 3.81. The van der Waals surface area contributed by atoms with Crippen molar-refractivity contribution in [3.8, 4) is 0 Å². The van der Waals surface area contributed by atoms with Gasteiger partial charge in [0, 0.05) is 19.3 Å². The number of nitrogens with zero attached hydrogens (tertiary/aromatic N) is 3. The normalized spacial score (nSPS) is 25.2. The fraction of sp³-hybridized carbons (Fsp3) is 0.538. The molecule has 0 aliphatic carbocycles. The molecular formula is C13H20N4O. The van der Waals surface area contributed by atoms with Crippen molar-refractivity contribution in [3.63, 3.8) is 0 Å². The molecule has 0 spiro atoms. The summed E-state index contributed by atoms with van der Waals surface area (Å²) in [5, 5.41) is 11.9. The minimum absolute atomic E-state index is 0.0666. The van der Waals surface area contributed by atoms with Crippen LogP contribution in [0.1, 0.15) is 26.0 Å². The Morgan fingerprint density at radius 2 is 2.28 bits per heavy atom. The molecule has 0 bridgehead atoms. The zero-order valence-corrected chi connectivity index (χ0v) is 10.9. The summed E-state index contributed by atoms with van der Waals surface area (Å²) in [4.78, 5) is 6.48. The van der Waals surface area contributed by atoms with Crippen LogP contribution in [-0.4, -0.2) is 29.1 Å². The van der Waals surface area contributed by atoms with Crippen LogP contribution in [0.5, 0.6) is 0 Å². The van der Waals surface area contributed by atoms with Crippen molar-refractivity contribution < 1.29 is 5.21 Å². The second-order valence-electron chi connectivity index (χ2n) is 5.05. The van der Waals surface area contributed by atoms with Crippen LogP contribution >= 0.6 is 0 Å². The lowest BCUT2D eigenvalue weighted by molar-refractivity contribution is 0.318. The van der Waals surface area contributed by atoms with E-state index >= 15 is 0 Å². The number of amidine groups is 1. The molecule has 98 valence electrons. The van der Waals surface area contributed by atoms with E-state index in [9.17, 15) is 0 Å². The highest BCUT2D eigenvalue weighted by molar-refractivity contribution is 6.00. The maximum atomic E-state index is 8.81. The predicted octanol–water partition coefficient (Wildman–Crippen LogP) is 1.66. The lowest BCUT2D eigenvalue weighted by atomic mass is 9.88. The smallest absolute Gasteiger partial charge is 0.190 e. The van der Waals surface area contributed by atoms with Gasteiger partial charge in [-0.1, -0.05) is 19.0 Å². The van der Waals surface area contributed by atoms with Gasteiger partial charge in [0.1, 0.15) is 5.69 Å². The van der Waals surface area contributed by atoms with Gasteiger partial charge in [-0.05, 0) is 30.4 Å². The second-order valence-corrected chi connectivity index (χ2v) is 5.05. The Morgan fingerprint density at radius 1 is 1.50 bits per heavy atom. The number of oxime groups is 1. The van der Waals surface area contributed by atoms with Crippen molar-refractivity contribution in [2.75, 3.05) is 18.0 Å². The molecule has 1 fully saturated rings. The van der Waals surface area contributed by atoms with Gasteiger partial charge in [0.15, 0.2) is 5.84 Å². The SMILES string of the molecule is CC1CCN(c2cccnc2/C(N)=N/O)CC1C. The van der Waals surface area contributed by atoms with Crippen LogP contribution in [0.15, 0.2) is 23.5 Å². The summed E-state index contributed by atoms with van der Waals surface area (Å²) in [6.45, 7) is 6.52. The minimum atomic E-state index is 0.0666.